The lowest BCUT2D eigenvalue weighted by molar-refractivity contribution is -0.530. The van der Waals surface area contributed by atoms with Crippen LogP contribution in [-0.2, 0) is 0 Å². The standard InChI is InChI=1S/C11H24ClN2.ClH/c1-5-9-14(10-6-2)11(12)13(7-3)8-4;/h5-10H2,1-4H3;1H/q+1;/p-1. The lowest BCUT2D eigenvalue weighted by Crippen LogP contribution is -3.00. The van der Waals surface area contributed by atoms with Gasteiger partial charge in [-0.05, 0) is 26.7 Å². The van der Waals surface area contributed by atoms with Gasteiger partial charge in [-0.1, -0.05) is 13.8 Å². The number of hydrogen-bond acceptors (Lipinski definition) is 0. The van der Waals surface area contributed by atoms with Gasteiger partial charge in [0.2, 0.25) is 0 Å². The Hall–Kier alpha value is 0.0500. The minimum absolute atomic E-state index is 0. The van der Waals surface area contributed by atoms with E-state index in [0.717, 1.165) is 44.3 Å². The third-order valence-corrected chi connectivity index (χ3v) is 2.75. The van der Waals surface area contributed by atoms with Crippen LogP contribution in [0.4, 0.5) is 0 Å². The van der Waals surface area contributed by atoms with E-state index in [1.54, 1.807) is 0 Å². The molecule has 0 aliphatic heterocycles. The van der Waals surface area contributed by atoms with Gasteiger partial charge >= 0.3 is 5.29 Å². The largest absolute Gasteiger partial charge is 1.00 e. The van der Waals surface area contributed by atoms with E-state index in [2.05, 4.69) is 37.2 Å². The van der Waals surface area contributed by atoms with Crippen molar-refractivity contribution in [3.05, 3.63) is 0 Å². The first-order chi connectivity index (χ1) is 6.71. The summed E-state index contributed by atoms with van der Waals surface area (Å²) in [4.78, 5) is 2.20. The maximum absolute atomic E-state index is 6.34. The molecule has 0 atom stereocenters. The fourth-order valence-corrected chi connectivity index (χ4v) is 1.93. The summed E-state index contributed by atoms with van der Waals surface area (Å²) in [5.74, 6) is 0. The van der Waals surface area contributed by atoms with Crippen LogP contribution in [0.2, 0.25) is 0 Å². The fraction of sp³-hybridized carbons (Fsp3) is 0.909. The van der Waals surface area contributed by atoms with Crippen LogP contribution in [0.15, 0.2) is 0 Å². The quantitative estimate of drug-likeness (QED) is 0.275. The minimum atomic E-state index is 0. The second-order valence-electron chi connectivity index (χ2n) is 3.43. The number of hydrogen-bond donors (Lipinski definition) is 0. The molecule has 0 N–H and O–H groups in total. The molecular formula is C11H24Cl2N2. The molecule has 0 spiro atoms. The minimum Gasteiger partial charge on any atom is -1.00 e. The maximum Gasteiger partial charge on any atom is 0.344 e. The smallest absolute Gasteiger partial charge is 0.344 e. The van der Waals surface area contributed by atoms with Crippen LogP contribution in [0.25, 0.3) is 0 Å². The van der Waals surface area contributed by atoms with Crippen molar-refractivity contribution >= 4 is 16.9 Å². The van der Waals surface area contributed by atoms with Gasteiger partial charge in [-0.15, -0.1) is 0 Å². The summed E-state index contributed by atoms with van der Waals surface area (Å²) in [5, 5.41) is 0.915. The summed E-state index contributed by atoms with van der Waals surface area (Å²) in [6, 6.07) is 0. The van der Waals surface area contributed by atoms with Gasteiger partial charge in [0.15, 0.2) is 0 Å². The molecule has 0 radical (unpaired) electrons. The first kappa shape index (κ1) is 17.4. The van der Waals surface area contributed by atoms with Crippen LogP contribution in [0.3, 0.4) is 0 Å². The van der Waals surface area contributed by atoms with E-state index in [0.29, 0.717) is 0 Å². The molecule has 4 heteroatoms. The van der Waals surface area contributed by atoms with Gasteiger partial charge in [0.1, 0.15) is 0 Å². The second kappa shape index (κ2) is 10.6. The monoisotopic (exact) mass is 254 g/mol. The molecule has 0 aromatic rings. The van der Waals surface area contributed by atoms with Gasteiger partial charge in [-0.2, -0.15) is 0 Å². The Labute approximate surface area is 106 Å². The second-order valence-corrected chi connectivity index (χ2v) is 3.77. The van der Waals surface area contributed by atoms with E-state index < -0.39 is 0 Å². The van der Waals surface area contributed by atoms with Gasteiger partial charge in [0.25, 0.3) is 0 Å². The SMILES string of the molecule is CCC[N+](CCC)=C(Cl)N(CC)CC.[Cl-]. The highest BCUT2D eigenvalue weighted by Gasteiger charge is 2.16. The first-order valence-electron chi connectivity index (χ1n) is 5.73. The van der Waals surface area contributed by atoms with E-state index in [-0.39, 0.29) is 12.4 Å². The number of nitrogens with zero attached hydrogens (tertiary/aromatic N) is 2. The average Bonchev–Trinajstić information content (AvgIpc) is 2.19. The molecule has 0 saturated heterocycles. The average molecular weight is 255 g/mol. The van der Waals surface area contributed by atoms with E-state index in [4.69, 9.17) is 11.6 Å². The van der Waals surface area contributed by atoms with E-state index in [1.165, 1.54) is 0 Å². The van der Waals surface area contributed by atoms with Crippen molar-refractivity contribution in [3.63, 3.8) is 0 Å². The van der Waals surface area contributed by atoms with Crippen LogP contribution < -0.4 is 12.4 Å². The van der Waals surface area contributed by atoms with Crippen molar-refractivity contribution in [1.82, 2.24) is 4.90 Å². The summed E-state index contributed by atoms with van der Waals surface area (Å²) in [6.45, 7) is 12.7. The van der Waals surface area contributed by atoms with Crippen molar-refractivity contribution in [2.45, 2.75) is 40.5 Å². The molecule has 2 nitrogen and oxygen atoms in total. The van der Waals surface area contributed by atoms with Crippen molar-refractivity contribution < 1.29 is 17.0 Å². The molecule has 0 amide bonds. The van der Waals surface area contributed by atoms with Crippen LogP contribution in [-0.4, -0.2) is 40.9 Å². The summed E-state index contributed by atoms with van der Waals surface area (Å²) in [6.07, 6.45) is 2.30. The highest BCUT2D eigenvalue weighted by Crippen LogP contribution is 1.99. The van der Waals surface area contributed by atoms with Crippen LogP contribution in [0.5, 0.6) is 0 Å². The zero-order valence-electron chi connectivity index (χ0n) is 10.4. The zero-order chi connectivity index (χ0) is 11.0. The molecule has 0 aliphatic carbocycles. The van der Waals surface area contributed by atoms with Gasteiger partial charge in [0.05, 0.1) is 26.2 Å². The van der Waals surface area contributed by atoms with E-state index in [9.17, 15) is 0 Å². The van der Waals surface area contributed by atoms with Crippen LogP contribution >= 0.6 is 11.6 Å². The molecular weight excluding hydrogens is 231 g/mol. The van der Waals surface area contributed by atoms with Crippen molar-refractivity contribution in [2.24, 2.45) is 0 Å². The Morgan fingerprint density at radius 2 is 1.40 bits per heavy atom. The van der Waals surface area contributed by atoms with Crippen molar-refractivity contribution in [3.8, 4) is 0 Å². The number of halogens is 2. The van der Waals surface area contributed by atoms with Crippen LogP contribution in [0.1, 0.15) is 40.5 Å². The Balaban J connectivity index is 0. The Bertz CT molecular complexity index is 169. The molecule has 15 heavy (non-hydrogen) atoms. The topological polar surface area (TPSA) is 6.25 Å². The molecule has 0 unspecified atom stereocenters. The molecule has 0 fully saturated rings. The Kier molecular flexibility index (Phi) is 12.3. The van der Waals surface area contributed by atoms with Crippen LogP contribution in [0, 0.1) is 0 Å². The molecule has 0 bridgehead atoms. The first-order valence-corrected chi connectivity index (χ1v) is 6.11. The zero-order valence-corrected chi connectivity index (χ0v) is 11.9. The fourth-order valence-electron chi connectivity index (χ4n) is 1.52. The lowest BCUT2D eigenvalue weighted by Gasteiger charge is -2.15. The number of amidine groups is 1. The Morgan fingerprint density at radius 3 is 1.67 bits per heavy atom. The van der Waals surface area contributed by atoms with Gasteiger partial charge in [-0.3, -0.25) is 9.48 Å². The molecule has 0 heterocycles. The summed E-state index contributed by atoms with van der Waals surface area (Å²) in [5.41, 5.74) is 0. The number of rotatable bonds is 6. The summed E-state index contributed by atoms with van der Waals surface area (Å²) < 4.78 is 2.27. The van der Waals surface area contributed by atoms with Gasteiger partial charge < -0.3 is 12.4 Å². The molecule has 0 aromatic heterocycles. The van der Waals surface area contributed by atoms with E-state index in [1.807, 2.05) is 0 Å². The predicted octanol–water partition coefficient (Wildman–Crippen LogP) is -0.240. The molecule has 0 saturated carbocycles. The van der Waals surface area contributed by atoms with Gasteiger partial charge in [0, 0.05) is 11.6 Å². The van der Waals surface area contributed by atoms with Gasteiger partial charge in [-0.25, -0.2) is 0 Å². The molecule has 92 valence electrons. The predicted molar refractivity (Wildman–Crippen MR) is 64.4 cm³/mol. The summed E-state index contributed by atoms with van der Waals surface area (Å²) >= 11 is 6.34. The van der Waals surface area contributed by atoms with E-state index >= 15 is 0 Å². The van der Waals surface area contributed by atoms with Crippen molar-refractivity contribution in [1.29, 1.82) is 0 Å². The van der Waals surface area contributed by atoms with Crippen molar-refractivity contribution in [2.75, 3.05) is 26.2 Å². The highest BCUT2D eigenvalue weighted by atomic mass is 35.5. The summed E-state index contributed by atoms with van der Waals surface area (Å²) in [7, 11) is 0. The third kappa shape index (κ3) is 6.26. The third-order valence-electron chi connectivity index (χ3n) is 2.27. The maximum atomic E-state index is 6.34. The molecule has 0 aliphatic rings. The Morgan fingerprint density at radius 1 is 1.00 bits per heavy atom. The normalized spacial score (nSPS) is 9.40. The molecule has 0 aromatic carbocycles. The highest BCUT2D eigenvalue weighted by molar-refractivity contribution is 6.63. The lowest BCUT2D eigenvalue weighted by atomic mass is 10.4. The molecule has 0 rings (SSSR count).